The Balaban J connectivity index is 2.10. The number of para-hydroxylation sites is 1. The molecule has 1 aromatic carbocycles. The predicted molar refractivity (Wildman–Crippen MR) is 79.2 cm³/mol. The van der Waals surface area contributed by atoms with Crippen LogP contribution in [0.25, 0.3) is 0 Å². The summed E-state index contributed by atoms with van der Waals surface area (Å²) in [5, 5.41) is 0. The summed E-state index contributed by atoms with van der Waals surface area (Å²) in [5.41, 5.74) is 3.97. The topological polar surface area (TPSA) is 65.1 Å². The number of aryl methyl sites for hydroxylation is 2. The van der Waals surface area contributed by atoms with E-state index in [1.165, 1.54) is 0 Å². The highest BCUT2D eigenvalue weighted by Crippen LogP contribution is 2.27. The third kappa shape index (κ3) is 3.37. The van der Waals surface area contributed by atoms with Crippen LogP contribution < -0.4 is 16.0 Å². The highest BCUT2D eigenvalue weighted by molar-refractivity contribution is 5.36. The van der Waals surface area contributed by atoms with Gasteiger partial charge >= 0.3 is 0 Å². The van der Waals surface area contributed by atoms with Crippen LogP contribution >= 0.6 is 0 Å². The number of hydrogen-bond donors (Lipinski definition) is 2. The number of benzene rings is 1. The van der Waals surface area contributed by atoms with E-state index in [2.05, 4.69) is 10.4 Å². The quantitative estimate of drug-likeness (QED) is 0.598. The Morgan fingerprint density at radius 2 is 2.20 bits per heavy atom. The number of hydrazine groups is 1. The van der Waals surface area contributed by atoms with Gasteiger partial charge in [0.1, 0.15) is 11.6 Å². The number of rotatable bonds is 7. The summed E-state index contributed by atoms with van der Waals surface area (Å²) in [4.78, 5) is 4.34. The smallest absolute Gasteiger partial charge is 0.124 e. The molecule has 3 N–H and O–H groups in total. The monoisotopic (exact) mass is 274 g/mol. The molecule has 1 unspecified atom stereocenters. The third-order valence-electron chi connectivity index (χ3n) is 3.37. The van der Waals surface area contributed by atoms with E-state index in [9.17, 15) is 0 Å². The van der Waals surface area contributed by atoms with Crippen molar-refractivity contribution < 1.29 is 4.74 Å². The summed E-state index contributed by atoms with van der Waals surface area (Å²) in [6.45, 7) is 2.63. The number of hydrogen-bond acceptors (Lipinski definition) is 4. The van der Waals surface area contributed by atoms with Gasteiger partial charge in [-0.1, -0.05) is 18.2 Å². The van der Waals surface area contributed by atoms with Gasteiger partial charge in [-0.2, -0.15) is 0 Å². The van der Waals surface area contributed by atoms with Crippen molar-refractivity contribution in [3.63, 3.8) is 0 Å². The van der Waals surface area contributed by atoms with Crippen LogP contribution in [0.1, 0.15) is 30.8 Å². The Bertz CT molecular complexity index is 538. The second kappa shape index (κ2) is 7.07. The van der Waals surface area contributed by atoms with Crippen LogP contribution in [-0.4, -0.2) is 16.2 Å². The van der Waals surface area contributed by atoms with Crippen molar-refractivity contribution in [1.29, 1.82) is 0 Å². The molecule has 0 saturated heterocycles. The average molecular weight is 274 g/mol. The van der Waals surface area contributed by atoms with Crippen LogP contribution in [0.4, 0.5) is 0 Å². The lowest BCUT2D eigenvalue weighted by molar-refractivity contribution is 0.330. The second-order valence-electron chi connectivity index (χ2n) is 4.68. The molecule has 0 saturated carbocycles. The molecular formula is C15H22N4O. The number of nitrogens with one attached hydrogen (secondary N) is 1. The minimum absolute atomic E-state index is 0.0504. The lowest BCUT2D eigenvalue weighted by Crippen LogP contribution is -2.29. The maximum Gasteiger partial charge on any atom is 0.124 e. The van der Waals surface area contributed by atoms with Gasteiger partial charge in [0, 0.05) is 31.4 Å². The van der Waals surface area contributed by atoms with Gasteiger partial charge < -0.3 is 9.30 Å². The zero-order valence-electron chi connectivity index (χ0n) is 12.0. The van der Waals surface area contributed by atoms with Crippen molar-refractivity contribution in [2.24, 2.45) is 12.9 Å². The van der Waals surface area contributed by atoms with Crippen LogP contribution in [0.2, 0.25) is 0 Å². The Kier molecular flexibility index (Phi) is 5.15. The lowest BCUT2D eigenvalue weighted by atomic mass is 10.0. The Labute approximate surface area is 119 Å². The van der Waals surface area contributed by atoms with Crippen LogP contribution in [0.5, 0.6) is 5.75 Å². The molecule has 1 heterocycles. The van der Waals surface area contributed by atoms with Crippen LogP contribution in [0.3, 0.4) is 0 Å². The molecule has 108 valence electrons. The maximum atomic E-state index is 5.71. The first-order valence-electron chi connectivity index (χ1n) is 6.90. The van der Waals surface area contributed by atoms with E-state index in [-0.39, 0.29) is 6.04 Å². The van der Waals surface area contributed by atoms with E-state index in [1.807, 2.05) is 55.2 Å². The van der Waals surface area contributed by atoms with Gasteiger partial charge in [0.15, 0.2) is 0 Å². The van der Waals surface area contributed by atoms with E-state index < -0.39 is 0 Å². The molecule has 0 amide bonds. The molecule has 2 rings (SSSR count). The van der Waals surface area contributed by atoms with Crippen molar-refractivity contribution in [2.75, 3.05) is 6.61 Å². The molecule has 0 aliphatic rings. The first kappa shape index (κ1) is 14.6. The summed E-state index contributed by atoms with van der Waals surface area (Å²) in [7, 11) is 2.00. The second-order valence-corrected chi connectivity index (χ2v) is 4.68. The first-order valence-corrected chi connectivity index (χ1v) is 6.90. The van der Waals surface area contributed by atoms with Crippen LogP contribution in [0.15, 0.2) is 36.7 Å². The predicted octanol–water partition coefficient (Wildman–Crippen LogP) is 1.96. The summed E-state index contributed by atoms with van der Waals surface area (Å²) in [6.07, 6.45) is 5.49. The van der Waals surface area contributed by atoms with Gasteiger partial charge in [-0.3, -0.25) is 11.3 Å². The minimum atomic E-state index is 0.0504. The number of aromatic nitrogens is 2. The standard InChI is InChI=1S/C15H22N4O/c1-3-20-14-7-5-4-6-12(14)13(18-16)8-9-15-17-10-11-19(15)2/h4-7,10-11,13,18H,3,8-9,16H2,1-2H3. The van der Waals surface area contributed by atoms with E-state index in [1.54, 1.807) is 0 Å². The SMILES string of the molecule is CCOc1ccccc1C(CCc1nccn1C)NN. The Hall–Kier alpha value is -1.85. The van der Waals surface area contributed by atoms with Crippen molar-refractivity contribution in [1.82, 2.24) is 15.0 Å². The van der Waals surface area contributed by atoms with Gasteiger partial charge in [0.25, 0.3) is 0 Å². The third-order valence-corrected chi connectivity index (χ3v) is 3.37. The van der Waals surface area contributed by atoms with Gasteiger partial charge in [0.05, 0.1) is 12.6 Å². The summed E-state index contributed by atoms with van der Waals surface area (Å²) >= 11 is 0. The molecule has 0 spiro atoms. The van der Waals surface area contributed by atoms with Crippen molar-refractivity contribution in [3.05, 3.63) is 48.0 Å². The van der Waals surface area contributed by atoms with Crippen molar-refractivity contribution in [2.45, 2.75) is 25.8 Å². The molecule has 0 fully saturated rings. The zero-order chi connectivity index (χ0) is 14.4. The molecule has 0 radical (unpaired) electrons. The molecule has 0 bridgehead atoms. The Morgan fingerprint density at radius 3 is 2.85 bits per heavy atom. The summed E-state index contributed by atoms with van der Waals surface area (Å²) < 4.78 is 7.69. The molecule has 1 atom stereocenters. The molecule has 2 aromatic rings. The fraction of sp³-hybridized carbons (Fsp3) is 0.400. The normalized spacial score (nSPS) is 12.3. The molecular weight excluding hydrogens is 252 g/mol. The molecule has 5 heteroatoms. The Morgan fingerprint density at radius 1 is 1.40 bits per heavy atom. The van der Waals surface area contributed by atoms with E-state index in [4.69, 9.17) is 10.6 Å². The molecule has 5 nitrogen and oxygen atoms in total. The lowest BCUT2D eigenvalue weighted by Gasteiger charge is -2.19. The van der Waals surface area contributed by atoms with E-state index in [0.717, 1.165) is 30.0 Å². The number of nitrogens with two attached hydrogens (primary N) is 1. The zero-order valence-corrected chi connectivity index (χ0v) is 12.0. The average Bonchev–Trinajstić information content (AvgIpc) is 2.87. The van der Waals surface area contributed by atoms with Crippen molar-refractivity contribution in [3.8, 4) is 5.75 Å². The highest BCUT2D eigenvalue weighted by Gasteiger charge is 2.15. The van der Waals surface area contributed by atoms with Crippen LogP contribution in [0, 0.1) is 0 Å². The largest absolute Gasteiger partial charge is 0.494 e. The van der Waals surface area contributed by atoms with Crippen molar-refractivity contribution >= 4 is 0 Å². The molecule has 0 aliphatic carbocycles. The first-order chi connectivity index (χ1) is 9.76. The fourth-order valence-electron chi connectivity index (χ4n) is 2.29. The van der Waals surface area contributed by atoms with E-state index in [0.29, 0.717) is 6.61 Å². The van der Waals surface area contributed by atoms with Gasteiger partial charge in [0.2, 0.25) is 0 Å². The molecule has 1 aromatic heterocycles. The summed E-state index contributed by atoms with van der Waals surface area (Å²) in [6, 6.07) is 8.05. The number of nitrogens with zero attached hydrogens (tertiary/aromatic N) is 2. The minimum Gasteiger partial charge on any atom is -0.494 e. The molecule has 0 aliphatic heterocycles. The van der Waals surface area contributed by atoms with E-state index >= 15 is 0 Å². The van der Waals surface area contributed by atoms with Crippen LogP contribution in [-0.2, 0) is 13.5 Å². The molecule has 20 heavy (non-hydrogen) atoms. The van der Waals surface area contributed by atoms with Gasteiger partial charge in [-0.25, -0.2) is 4.98 Å². The number of ether oxygens (including phenoxy) is 1. The highest BCUT2D eigenvalue weighted by atomic mass is 16.5. The fourth-order valence-corrected chi connectivity index (χ4v) is 2.29. The maximum absolute atomic E-state index is 5.71. The van der Waals surface area contributed by atoms with Gasteiger partial charge in [-0.05, 0) is 19.4 Å². The number of imidazole rings is 1. The van der Waals surface area contributed by atoms with Gasteiger partial charge in [-0.15, -0.1) is 0 Å². The summed E-state index contributed by atoms with van der Waals surface area (Å²) in [5.74, 6) is 7.66.